The first-order valence-corrected chi connectivity index (χ1v) is 9.65. The van der Waals surface area contributed by atoms with Gasteiger partial charge in [-0.25, -0.2) is 4.79 Å². The van der Waals surface area contributed by atoms with Crippen LogP contribution in [0.15, 0.2) is 18.2 Å². The van der Waals surface area contributed by atoms with Crippen molar-refractivity contribution >= 4 is 29.2 Å². The number of halogens is 1. The van der Waals surface area contributed by atoms with Crippen molar-refractivity contribution < 1.29 is 19.1 Å². The molecule has 6 nitrogen and oxygen atoms in total. The zero-order valence-corrected chi connectivity index (χ0v) is 17.5. The van der Waals surface area contributed by atoms with Crippen LogP contribution in [0, 0.1) is 20.8 Å². The number of ether oxygens (including phenoxy) is 2. The minimum Gasteiger partial charge on any atom is -0.495 e. The summed E-state index contributed by atoms with van der Waals surface area (Å²) in [6.45, 7) is 7.26. The number of carbonyl (C=O) groups is 2. The zero-order chi connectivity index (χ0) is 20.6. The summed E-state index contributed by atoms with van der Waals surface area (Å²) in [5, 5.41) is 3.28. The van der Waals surface area contributed by atoms with Crippen LogP contribution in [0.25, 0.3) is 0 Å². The van der Waals surface area contributed by atoms with E-state index in [1.807, 2.05) is 26.8 Å². The molecule has 1 aromatic heterocycles. The Morgan fingerprint density at radius 3 is 2.50 bits per heavy atom. The Labute approximate surface area is 169 Å². The van der Waals surface area contributed by atoms with Crippen LogP contribution < -0.4 is 10.1 Å². The first-order chi connectivity index (χ1) is 13.2. The molecule has 28 heavy (non-hydrogen) atoms. The van der Waals surface area contributed by atoms with E-state index in [-0.39, 0.29) is 0 Å². The van der Waals surface area contributed by atoms with Crippen LogP contribution in [0.2, 0.25) is 5.02 Å². The number of carbonyl (C=O) groups excluding carboxylic acids is 2. The van der Waals surface area contributed by atoms with Gasteiger partial charge in [-0.3, -0.25) is 4.79 Å². The number of nitrogens with one attached hydrogen (secondary N) is 1. The summed E-state index contributed by atoms with van der Waals surface area (Å²) in [6, 6.07) is 5.65. The van der Waals surface area contributed by atoms with Gasteiger partial charge in [0.15, 0.2) is 6.10 Å². The number of esters is 1. The van der Waals surface area contributed by atoms with Crippen molar-refractivity contribution in [2.45, 2.75) is 52.7 Å². The summed E-state index contributed by atoms with van der Waals surface area (Å²) in [5.41, 5.74) is 3.70. The van der Waals surface area contributed by atoms with Crippen molar-refractivity contribution in [2.75, 3.05) is 12.4 Å². The second-order valence-corrected chi connectivity index (χ2v) is 7.63. The van der Waals surface area contributed by atoms with Crippen LogP contribution >= 0.6 is 11.6 Å². The van der Waals surface area contributed by atoms with Gasteiger partial charge in [0, 0.05) is 28.5 Å². The first-order valence-electron chi connectivity index (χ1n) is 9.27. The number of aromatic nitrogens is 1. The highest BCUT2D eigenvalue weighted by Gasteiger charge is 2.30. The Morgan fingerprint density at radius 2 is 1.89 bits per heavy atom. The number of nitrogens with zero attached hydrogens (tertiary/aromatic N) is 1. The predicted molar refractivity (Wildman–Crippen MR) is 108 cm³/mol. The molecule has 1 aromatic carbocycles. The van der Waals surface area contributed by atoms with Gasteiger partial charge in [0.05, 0.1) is 18.4 Å². The topological polar surface area (TPSA) is 69.6 Å². The zero-order valence-electron chi connectivity index (χ0n) is 16.8. The van der Waals surface area contributed by atoms with Crippen LogP contribution in [0.5, 0.6) is 5.75 Å². The minimum atomic E-state index is -0.961. The molecular formula is C21H25ClN2O4. The SMILES string of the molecule is COc1cc(Cl)c(C)cc1NC(=O)[C@H](C)OC(=O)c1cc(C)n(C2CC2)c1C. The highest BCUT2D eigenvalue weighted by atomic mass is 35.5. The maximum absolute atomic E-state index is 12.6. The van der Waals surface area contributed by atoms with Gasteiger partial charge in [0.25, 0.3) is 5.91 Å². The molecule has 7 heteroatoms. The fraction of sp³-hybridized carbons (Fsp3) is 0.429. The third-order valence-corrected chi connectivity index (χ3v) is 5.42. The molecule has 0 radical (unpaired) electrons. The molecule has 1 amide bonds. The van der Waals surface area contributed by atoms with Crippen molar-refractivity contribution in [3.05, 3.63) is 45.7 Å². The summed E-state index contributed by atoms with van der Waals surface area (Å²) in [5.74, 6) is -0.498. The lowest BCUT2D eigenvalue weighted by atomic mass is 10.2. The van der Waals surface area contributed by atoms with E-state index in [1.165, 1.54) is 7.11 Å². The van der Waals surface area contributed by atoms with Crippen molar-refractivity contribution in [3.63, 3.8) is 0 Å². The van der Waals surface area contributed by atoms with E-state index in [1.54, 1.807) is 19.1 Å². The lowest BCUT2D eigenvalue weighted by molar-refractivity contribution is -0.123. The minimum absolute atomic E-state index is 0.440. The Balaban J connectivity index is 1.70. The first kappa shape index (κ1) is 20.3. The average molecular weight is 405 g/mol. The molecule has 1 fully saturated rings. The number of anilines is 1. The number of rotatable bonds is 6. The Hall–Kier alpha value is -2.47. The second kappa shape index (κ2) is 7.87. The lowest BCUT2D eigenvalue weighted by Gasteiger charge is -2.16. The van der Waals surface area contributed by atoms with E-state index in [4.69, 9.17) is 21.1 Å². The van der Waals surface area contributed by atoms with Crippen LogP contribution in [0.4, 0.5) is 5.69 Å². The number of methoxy groups -OCH3 is 1. The summed E-state index contributed by atoms with van der Waals surface area (Å²) in [4.78, 5) is 25.1. The molecule has 0 spiro atoms. The largest absolute Gasteiger partial charge is 0.495 e. The summed E-state index contributed by atoms with van der Waals surface area (Å²) >= 11 is 6.09. The van der Waals surface area contributed by atoms with Gasteiger partial charge in [-0.1, -0.05) is 11.6 Å². The third kappa shape index (κ3) is 4.02. The molecule has 3 rings (SSSR count). The number of hydrogen-bond donors (Lipinski definition) is 1. The highest BCUT2D eigenvalue weighted by molar-refractivity contribution is 6.31. The lowest BCUT2D eigenvalue weighted by Crippen LogP contribution is -2.30. The van der Waals surface area contributed by atoms with E-state index in [9.17, 15) is 9.59 Å². The summed E-state index contributed by atoms with van der Waals surface area (Å²) < 4.78 is 12.8. The number of amides is 1. The van der Waals surface area contributed by atoms with Crippen molar-refractivity contribution in [1.29, 1.82) is 0 Å². The van der Waals surface area contributed by atoms with Crippen LogP contribution in [0.1, 0.15) is 53.1 Å². The van der Waals surface area contributed by atoms with E-state index in [0.717, 1.165) is 29.8 Å². The number of aryl methyl sites for hydroxylation is 2. The van der Waals surface area contributed by atoms with Gasteiger partial charge >= 0.3 is 5.97 Å². The molecule has 1 aliphatic rings. The molecule has 1 N–H and O–H groups in total. The molecule has 0 saturated heterocycles. The van der Waals surface area contributed by atoms with Crippen LogP contribution in [-0.2, 0) is 9.53 Å². The van der Waals surface area contributed by atoms with Gasteiger partial charge in [0.1, 0.15) is 5.75 Å². The monoisotopic (exact) mass is 404 g/mol. The standard InChI is InChI=1S/C21H25ClN2O4/c1-11-8-18(19(27-5)10-17(11)22)23-20(25)14(4)28-21(26)16-9-12(2)24(13(16)3)15-6-7-15/h8-10,14-15H,6-7H2,1-5H3,(H,23,25)/t14-/m0/s1. The molecule has 1 atom stereocenters. The maximum atomic E-state index is 12.6. The van der Waals surface area contributed by atoms with Gasteiger partial charge in [-0.15, -0.1) is 0 Å². The van der Waals surface area contributed by atoms with Crippen LogP contribution in [0.3, 0.4) is 0 Å². The second-order valence-electron chi connectivity index (χ2n) is 7.22. The Bertz CT molecular complexity index is 931. The third-order valence-electron chi connectivity index (χ3n) is 5.01. The number of hydrogen-bond acceptors (Lipinski definition) is 4. The fourth-order valence-electron chi connectivity index (χ4n) is 3.32. The summed E-state index contributed by atoms with van der Waals surface area (Å²) in [7, 11) is 1.50. The van der Waals surface area contributed by atoms with E-state index in [0.29, 0.717) is 28.1 Å². The van der Waals surface area contributed by atoms with Crippen molar-refractivity contribution in [2.24, 2.45) is 0 Å². The van der Waals surface area contributed by atoms with Gasteiger partial charge < -0.3 is 19.4 Å². The molecule has 1 aliphatic carbocycles. The molecule has 1 saturated carbocycles. The van der Waals surface area contributed by atoms with Gasteiger partial charge in [-0.05, 0) is 58.2 Å². The Kier molecular flexibility index (Phi) is 5.70. The smallest absolute Gasteiger partial charge is 0.340 e. The van der Waals surface area contributed by atoms with E-state index >= 15 is 0 Å². The normalized spacial score (nSPS) is 14.5. The van der Waals surface area contributed by atoms with Gasteiger partial charge in [-0.2, -0.15) is 0 Å². The fourth-order valence-corrected chi connectivity index (χ4v) is 3.47. The molecule has 2 aromatic rings. The maximum Gasteiger partial charge on any atom is 0.340 e. The Morgan fingerprint density at radius 1 is 1.21 bits per heavy atom. The van der Waals surface area contributed by atoms with E-state index < -0.39 is 18.0 Å². The summed E-state index contributed by atoms with van der Waals surface area (Å²) in [6.07, 6.45) is 1.30. The molecule has 1 heterocycles. The highest BCUT2D eigenvalue weighted by Crippen LogP contribution is 2.38. The average Bonchev–Trinajstić information content (AvgIpc) is 3.42. The van der Waals surface area contributed by atoms with Crippen LogP contribution in [-0.4, -0.2) is 29.7 Å². The quantitative estimate of drug-likeness (QED) is 0.714. The molecule has 150 valence electrons. The molecule has 0 bridgehead atoms. The predicted octanol–water partition coefficient (Wildman–Crippen LogP) is 4.59. The van der Waals surface area contributed by atoms with Crippen molar-refractivity contribution in [3.8, 4) is 5.75 Å². The molecule has 0 unspecified atom stereocenters. The van der Waals surface area contributed by atoms with Gasteiger partial charge in [0.2, 0.25) is 0 Å². The van der Waals surface area contributed by atoms with E-state index in [2.05, 4.69) is 9.88 Å². The number of benzene rings is 1. The molecule has 0 aliphatic heterocycles. The van der Waals surface area contributed by atoms with Crippen molar-refractivity contribution in [1.82, 2.24) is 4.57 Å². The molecular weight excluding hydrogens is 380 g/mol.